The minimum Gasteiger partial charge on any atom is -0.392 e. The monoisotopic (exact) mass is 410 g/mol. The van der Waals surface area contributed by atoms with E-state index in [2.05, 4.69) is 12.2 Å². The van der Waals surface area contributed by atoms with Crippen LogP contribution < -0.4 is 5.32 Å². The van der Waals surface area contributed by atoms with E-state index in [0.717, 1.165) is 45.2 Å². The molecule has 1 aliphatic rings. The first kappa shape index (κ1) is 26.1. The molecule has 0 aromatic carbocycles. The average molecular weight is 411 g/mol. The number of aliphatic hydroxyl groups excluding tert-OH is 1. The largest absolute Gasteiger partial charge is 0.392 e. The normalized spacial score (nSPS) is 15.9. The highest BCUT2D eigenvalue weighted by atomic mass is 16.3. The highest BCUT2D eigenvalue weighted by Gasteiger charge is 2.24. The summed E-state index contributed by atoms with van der Waals surface area (Å²) in [5, 5.41) is 13.4. The van der Waals surface area contributed by atoms with E-state index in [1.807, 2.05) is 0 Å². The molecule has 0 spiro atoms. The maximum atomic E-state index is 11.7. The molecule has 5 nitrogen and oxygen atoms in total. The maximum absolute atomic E-state index is 11.7. The number of piperidine rings is 1. The van der Waals surface area contributed by atoms with E-state index in [-0.39, 0.29) is 17.9 Å². The molecule has 0 aromatic rings. The molecule has 0 saturated carbocycles. The van der Waals surface area contributed by atoms with E-state index in [9.17, 15) is 14.7 Å². The van der Waals surface area contributed by atoms with Gasteiger partial charge in [-0.1, -0.05) is 77.6 Å². The fourth-order valence-electron chi connectivity index (χ4n) is 3.98. The van der Waals surface area contributed by atoms with Gasteiger partial charge in [-0.05, 0) is 32.2 Å². The number of hydrogen-bond acceptors (Lipinski definition) is 4. The second-order valence-corrected chi connectivity index (χ2v) is 8.68. The maximum Gasteiger partial charge on any atom is 0.229 e. The Bertz CT molecular complexity index is 412. The molecule has 1 atom stereocenters. The number of nitrogens with one attached hydrogen (secondary N) is 1. The van der Waals surface area contributed by atoms with E-state index in [1.54, 1.807) is 0 Å². The van der Waals surface area contributed by atoms with Crippen LogP contribution >= 0.6 is 0 Å². The fourth-order valence-corrected chi connectivity index (χ4v) is 3.98. The molecule has 1 saturated heterocycles. The molecular weight excluding hydrogens is 364 g/mol. The molecule has 170 valence electrons. The Morgan fingerprint density at radius 3 is 2.03 bits per heavy atom. The van der Waals surface area contributed by atoms with E-state index in [0.29, 0.717) is 19.4 Å². The zero-order valence-electron chi connectivity index (χ0n) is 18.9. The van der Waals surface area contributed by atoms with Gasteiger partial charge in [0.1, 0.15) is 0 Å². The molecule has 0 bridgehead atoms. The van der Waals surface area contributed by atoms with Crippen molar-refractivity contribution in [3.8, 4) is 0 Å². The van der Waals surface area contributed by atoms with Gasteiger partial charge in [-0.2, -0.15) is 0 Å². The van der Waals surface area contributed by atoms with E-state index >= 15 is 0 Å². The fraction of sp³-hybridized carbons (Fsp3) is 0.917. The quantitative estimate of drug-likeness (QED) is 0.233. The number of rotatable bonds is 19. The minimum atomic E-state index is -0.213. The Morgan fingerprint density at radius 1 is 0.828 bits per heavy atom. The van der Waals surface area contributed by atoms with E-state index < -0.39 is 0 Å². The van der Waals surface area contributed by atoms with Crippen LogP contribution in [0.5, 0.6) is 0 Å². The molecule has 0 radical (unpaired) electrons. The number of hydrogen-bond donors (Lipinski definition) is 2. The second kappa shape index (κ2) is 17.9. The van der Waals surface area contributed by atoms with Gasteiger partial charge in [0.2, 0.25) is 11.8 Å². The topological polar surface area (TPSA) is 69.6 Å². The number of carbonyl (C=O) groups excluding carboxylic acids is 2. The van der Waals surface area contributed by atoms with Gasteiger partial charge in [0.05, 0.1) is 6.10 Å². The van der Waals surface area contributed by atoms with Gasteiger partial charge in [-0.15, -0.1) is 0 Å². The van der Waals surface area contributed by atoms with Gasteiger partial charge in [0.15, 0.2) is 0 Å². The summed E-state index contributed by atoms with van der Waals surface area (Å²) in [4.78, 5) is 24.9. The SMILES string of the molecule is CCCCCCCCNCC(O)CCCCCCCCCN1C(=O)CCCC1=O. The van der Waals surface area contributed by atoms with Crippen molar-refractivity contribution < 1.29 is 14.7 Å². The van der Waals surface area contributed by atoms with Crippen LogP contribution in [0.1, 0.15) is 116 Å². The zero-order valence-corrected chi connectivity index (χ0v) is 18.9. The second-order valence-electron chi connectivity index (χ2n) is 8.68. The molecule has 1 rings (SSSR count). The van der Waals surface area contributed by atoms with Crippen LogP contribution in [0.25, 0.3) is 0 Å². The number of imide groups is 1. The van der Waals surface area contributed by atoms with Gasteiger partial charge in [0.25, 0.3) is 0 Å². The summed E-state index contributed by atoms with van der Waals surface area (Å²) in [6.07, 6.45) is 18.2. The summed E-state index contributed by atoms with van der Waals surface area (Å²) < 4.78 is 0. The van der Waals surface area contributed by atoms with Gasteiger partial charge in [-0.25, -0.2) is 0 Å². The Morgan fingerprint density at radius 2 is 1.38 bits per heavy atom. The Kier molecular flexibility index (Phi) is 16.1. The molecule has 1 aliphatic heterocycles. The molecular formula is C24H46N2O3. The molecule has 1 unspecified atom stereocenters. The number of amides is 2. The highest BCUT2D eigenvalue weighted by Crippen LogP contribution is 2.14. The molecule has 0 aliphatic carbocycles. The summed E-state index contributed by atoms with van der Waals surface area (Å²) >= 11 is 0. The lowest BCUT2D eigenvalue weighted by Crippen LogP contribution is -2.40. The lowest BCUT2D eigenvalue weighted by molar-refractivity contribution is -0.148. The van der Waals surface area contributed by atoms with Gasteiger partial charge in [-0.3, -0.25) is 14.5 Å². The van der Waals surface area contributed by atoms with Crippen LogP contribution in [-0.4, -0.2) is 47.6 Å². The summed E-state index contributed by atoms with van der Waals surface area (Å²) in [5.41, 5.74) is 0. The first-order valence-electron chi connectivity index (χ1n) is 12.4. The smallest absolute Gasteiger partial charge is 0.229 e. The van der Waals surface area contributed by atoms with E-state index in [1.165, 1.54) is 69.1 Å². The van der Waals surface area contributed by atoms with Crippen molar-refractivity contribution in [2.24, 2.45) is 0 Å². The number of carbonyl (C=O) groups is 2. The summed E-state index contributed by atoms with van der Waals surface area (Å²) in [5.74, 6) is 0.0301. The van der Waals surface area contributed by atoms with Crippen LogP contribution in [0.15, 0.2) is 0 Å². The van der Waals surface area contributed by atoms with Crippen LogP contribution in [0.3, 0.4) is 0 Å². The predicted octanol–water partition coefficient (Wildman–Crippen LogP) is 4.96. The van der Waals surface area contributed by atoms with Gasteiger partial charge in [0, 0.05) is 25.9 Å². The van der Waals surface area contributed by atoms with Crippen molar-refractivity contribution in [2.45, 2.75) is 122 Å². The van der Waals surface area contributed by atoms with Crippen molar-refractivity contribution in [2.75, 3.05) is 19.6 Å². The minimum absolute atomic E-state index is 0.0151. The van der Waals surface area contributed by atoms with Gasteiger partial charge >= 0.3 is 0 Å². The molecule has 2 N–H and O–H groups in total. The molecule has 0 aromatic heterocycles. The lowest BCUT2D eigenvalue weighted by Gasteiger charge is -2.24. The molecule has 1 fully saturated rings. The number of unbranched alkanes of at least 4 members (excludes halogenated alkanes) is 11. The Balaban J connectivity index is 1.82. The molecule has 2 amide bonds. The number of nitrogens with zero attached hydrogens (tertiary/aromatic N) is 1. The predicted molar refractivity (Wildman–Crippen MR) is 120 cm³/mol. The lowest BCUT2D eigenvalue weighted by atomic mass is 10.1. The van der Waals surface area contributed by atoms with Crippen molar-refractivity contribution in [1.82, 2.24) is 10.2 Å². The zero-order chi connectivity index (χ0) is 21.2. The molecule has 5 heteroatoms. The highest BCUT2D eigenvalue weighted by molar-refractivity contribution is 5.97. The standard InChI is InChI=1S/C24H46N2O3/c1-2-3-4-5-10-13-19-25-21-22(27)16-12-9-7-6-8-11-14-20-26-23(28)17-15-18-24(26)29/h22,25,27H,2-21H2,1H3. The third kappa shape index (κ3) is 13.8. The van der Waals surface area contributed by atoms with Crippen molar-refractivity contribution in [3.63, 3.8) is 0 Å². The van der Waals surface area contributed by atoms with Crippen LogP contribution in [0.2, 0.25) is 0 Å². The van der Waals surface area contributed by atoms with Gasteiger partial charge < -0.3 is 10.4 Å². The van der Waals surface area contributed by atoms with Crippen LogP contribution in [-0.2, 0) is 9.59 Å². The van der Waals surface area contributed by atoms with Crippen molar-refractivity contribution in [1.29, 1.82) is 0 Å². The first-order valence-corrected chi connectivity index (χ1v) is 12.4. The van der Waals surface area contributed by atoms with Crippen molar-refractivity contribution >= 4 is 11.8 Å². The number of aliphatic hydroxyl groups is 1. The molecule has 29 heavy (non-hydrogen) atoms. The first-order chi connectivity index (χ1) is 14.1. The Labute approximate surface area is 179 Å². The summed E-state index contributed by atoms with van der Waals surface area (Å²) in [7, 11) is 0. The van der Waals surface area contributed by atoms with Crippen LogP contribution in [0.4, 0.5) is 0 Å². The number of likely N-dealkylation sites (tertiary alicyclic amines) is 1. The third-order valence-corrected chi connectivity index (χ3v) is 5.89. The summed E-state index contributed by atoms with van der Waals surface area (Å²) in [6, 6.07) is 0. The average Bonchev–Trinajstić information content (AvgIpc) is 2.70. The van der Waals surface area contributed by atoms with E-state index in [4.69, 9.17) is 0 Å². The summed E-state index contributed by atoms with van der Waals surface area (Å²) in [6.45, 7) is 4.60. The Hall–Kier alpha value is -0.940. The van der Waals surface area contributed by atoms with Crippen LogP contribution in [0, 0.1) is 0 Å². The third-order valence-electron chi connectivity index (χ3n) is 5.89. The van der Waals surface area contributed by atoms with Crippen molar-refractivity contribution in [3.05, 3.63) is 0 Å². The molecule has 1 heterocycles.